The Hall–Kier alpha value is -3.94. The third-order valence-corrected chi connectivity index (χ3v) is 9.21. The lowest BCUT2D eigenvalue weighted by Gasteiger charge is -2.32. The number of carboxylic acids is 1. The van der Waals surface area contributed by atoms with Crippen molar-refractivity contribution in [1.29, 1.82) is 0 Å². The second-order valence-corrected chi connectivity index (χ2v) is 12.5. The summed E-state index contributed by atoms with van der Waals surface area (Å²) < 4.78 is 2.48. The molecule has 1 N–H and O–H groups in total. The van der Waals surface area contributed by atoms with Crippen molar-refractivity contribution >= 4 is 46.2 Å². The lowest BCUT2D eigenvalue weighted by molar-refractivity contribution is 0.0696. The molecule has 3 heterocycles. The van der Waals surface area contributed by atoms with Crippen LogP contribution in [-0.4, -0.2) is 43.7 Å². The summed E-state index contributed by atoms with van der Waals surface area (Å²) in [4.78, 5) is 27.1. The van der Waals surface area contributed by atoms with Crippen molar-refractivity contribution in [1.82, 2.24) is 19.5 Å². The molecule has 0 amide bonds. The summed E-state index contributed by atoms with van der Waals surface area (Å²) in [7, 11) is 0. The van der Waals surface area contributed by atoms with E-state index < -0.39 is 5.97 Å². The minimum Gasteiger partial charge on any atom is -0.478 e. The van der Waals surface area contributed by atoms with Gasteiger partial charge in [0.2, 0.25) is 5.95 Å². The minimum atomic E-state index is -1.01. The van der Waals surface area contributed by atoms with E-state index in [1.165, 1.54) is 53.3 Å². The molecule has 43 heavy (non-hydrogen) atoms. The number of carbonyl (C=O) groups is 1. The Morgan fingerprint density at radius 3 is 1.98 bits per heavy atom. The molecule has 1 saturated carbocycles. The molecule has 2 aromatic heterocycles. The van der Waals surface area contributed by atoms with E-state index in [-0.39, 0.29) is 11.5 Å². The van der Waals surface area contributed by atoms with Crippen LogP contribution in [0.25, 0.3) is 11.0 Å². The van der Waals surface area contributed by atoms with Crippen LogP contribution < -0.4 is 4.90 Å². The number of rotatable bonds is 8. The molecular formula is C34H31Cl2N5O2. The van der Waals surface area contributed by atoms with Gasteiger partial charge in [-0.15, -0.1) is 0 Å². The molecule has 0 unspecified atom stereocenters. The molecule has 2 fully saturated rings. The fourth-order valence-electron chi connectivity index (χ4n) is 6.24. The van der Waals surface area contributed by atoms with Gasteiger partial charge in [-0.05, 0) is 84.7 Å². The van der Waals surface area contributed by atoms with Gasteiger partial charge in [0.15, 0.2) is 0 Å². The third kappa shape index (κ3) is 5.84. The van der Waals surface area contributed by atoms with Crippen molar-refractivity contribution in [2.24, 2.45) is 5.92 Å². The quantitative estimate of drug-likeness (QED) is 0.180. The van der Waals surface area contributed by atoms with E-state index in [0.717, 1.165) is 48.0 Å². The van der Waals surface area contributed by atoms with Gasteiger partial charge in [-0.25, -0.2) is 19.7 Å². The number of hydrogen-bond donors (Lipinski definition) is 1. The molecule has 0 radical (unpaired) electrons. The molecule has 1 aliphatic heterocycles. The number of benzene rings is 3. The number of halogens is 2. The van der Waals surface area contributed by atoms with Gasteiger partial charge < -0.3 is 14.6 Å². The Kier molecular flexibility index (Phi) is 7.53. The number of anilines is 1. The second kappa shape index (κ2) is 11.6. The summed E-state index contributed by atoms with van der Waals surface area (Å²) >= 11 is 12.5. The van der Waals surface area contributed by atoms with Crippen LogP contribution in [0.3, 0.4) is 0 Å². The van der Waals surface area contributed by atoms with Gasteiger partial charge in [-0.3, -0.25) is 0 Å². The highest BCUT2D eigenvalue weighted by Gasteiger charge is 2.31. The van der Waals surface area contributed by atoms with E-state index >= 15 is 0 Å². The van der Waals surface area contributed by atoms with Gasteiger partial charge in [-0.1, -0.05) is 53.5 Å². The molecule has 1 saturated heterocycles. The minimum absolute atomic E-state index is 0.0300. The standard InChI is InChI=1S/C34H31Cl2N5O2/c35-27-8-3-22(4-9-27)31(23-5-10-28(36)11-6-23)25-7-12-29-30(17-25)41(32(39-29)24-1-2-24)20-21-13-15-40(16-14-21)34-37-18-26(19-38-34)33(42)43/h3-12,17-19,21,24,31H,1-2,13-16,20H2,(H,42,43). The first-order chi connectivity index (χ1) is 20.9. The molecule has 218 valence electrons. The molecule has 0 atom stereocenters. The van der Waals surface area contributed by atoms with Crippen molar-refractivity contribution < 1.29 is 9.90 Å². The van der Waals surface area contributed by atoms with Crippen LogP contribution in [0.1, 0.15) is 70.4 Å². The summed E-state index contributed by atoms with van der Waals surface area (Å²) in [6.45, 7) is 2.59. The predicted octanol–water partition coefficient (Wildman–Crippen LogP) is 7.81. The third-order valence-electron chi connectivity index (χ3n) is 8.71. The molecular weight excluding hydrogens is 581 g/mol. The van der Waals surface area contributed by atoms with Crippen molar-refractivity contribution in [3.63, 3.8) is 0 Å². The van der Waals surface area contributed by atoms with E-state index in [9.17, 15) is 4.79 Å². The molecule has 7 nitrogen and oxygen atoms in total. The number of aromatic carboxylic acids is 1. The van der Waals surface area contributed by atoms with Crippen molar-refractivity contribution in [2.45, 2.75) is 44.1 Å². The largest absolute Gasteiger partial charge is 0.478 e. The van der Waals surface area contributed by atoms with Crippen LogP contribution >= 0.6 is 23.2 Å². The van der Waals surface area contributed by atoms with Crippen LogP contribution in [0.2, 0.25) is 10.0 Å². The topological polar surface area (TPSA) is 84.1 Å². The highest BCUT2D eigenvalue weighted by atomic mass is 35.5. The van der Waals surface area contributed by atoms with Crippen LogP contribution in [0.5, 0.6) is 0 Å². The Bertz CT molecular complexity index is 1710. The van der Waals surface area contributed by atoms with Crippen molar-refractivity contribution in [2.75, 3.05) is 18.0 Å². The Labute approximate surface area is 260 Å². The first-order valence-electron chi connectivity index (χ1n) is 14.7. The van der Waals surface area contributed by atoms with Crippen LogP contribution in [0, 0.1) is 5.92 Å². The van der Waals surface area contributed by atoms with Gasteiger partial charge in [0.25, 0.3) is 0 Å². The molecule has 0 bridgehead atoms. The summed E-state index contributed by atoms with van der Waals surface area (Å²) in [5.74, 6) is 1.84. The van der Waals surface area contributed by atoms with Gasteiger partial charge in [0, 0.05) is 53.9 Å². The number of carboxylic acid groups (broad SMARTS) is 1. The highest BCUT2D eigenvalue weighted by Crippen LogP contribution is 2.42. The summed E-state index contributed by atoms with van der Waals surface area (Å²) in [6, 6.07) is 22.9. The van der Waals surface area contributed by atoms with E-state index in [1.807, 2.05) is 24.3 Å². The zero-order valence-corrected chi connectivity index (χ0v) is 25.0. The fourth-order valence-corrected chi connectivity index (χ4v) is 6.49. The summed E-state index contributed by atoms with van der Waals surface area (Å²) in [5.41, 5.74) is 5.88. The molecule has 5 aromatic rings. The number of hydrogen-bond acceptors (Lipinski definition) is 5. The number of piperidine rings is 1. The number of fused-ring (bicyclic) bond motifs is 1. The first-order valence-corrected chi connectivity index (χ1v) is 15.5. The number of aromatic nitrogens is 4. The molecule has 2 aliphatic rings. The average molecular weight is 613 g/mol. The number of imidazole rings is 1. The van der Waals surface area contributed by atoms with Gasteiger partial charge in [-0.2, -0.15) is 0 Å². The zero-order valence-electron chi connectivity index (χ0n) is 23.5. The van der Waals surface area contributed by atoms with E-state index in [2.05, 4.69) is 61.9 Å². The molecule has 7 rings (SSSR count). The van der Waals surface area contributed by atoms with Gasteiger partial charge in [0.1, 0.15) is 5.82 Å². The van der Waals surface area contributed by atoms with E-state index in [4.69, 9.17) is 33.3 Å². The van der Waals surface area contributed by atoms with Crippen LogP contribution in [-0.2, 0) is 6.54 Å². The normalized spacial score (nSPS) is 15.8. The predicted molar refractivity (Wildman–Crippen MR) is 169 cm³/mol. The molecule has 9 heteroatoms. The maximum Gasteiger partial charge on any atom is 0.338 e. The molecule has 3 aromatic carbocycles. The second-order valence-electron chi connectivity index (χ2n) is 11.6. The maximum atomic E-state index is 11.2. The Balaban J connectivity index is 1.18. The molecule has 1 aliphatic carbocycles. The van der Waals surface area contributed by atoms with E-state index in [1.54, 1.807) is 0 Å². The van der Waals surface area contributed by atoms with Crippen molar-refractivity contribution in [3.05, 3.63) is 117 Å². The summed E-state index contributed by atoms with van der Waals surface area (Å²) in [5, 5.41) is 10.6. The Morgan fingerprint density at radius 2 is 1.42 bits per heavy atom. The lowest BCUT2D eigenvalue weighted by atomic mass is 9.85. The zero-order chi connectivity index (χ0) is 29.5. The van der Waals surface area contributed by atoms with Crippen molar-refractivity contribution in [3.8, 4) is 0 Å². The maximum absolute atomic E-state index is 11.2. The first kappa shape index (κ1) is 27.9. The van der Waals surface area contributed by atoms with Gasteiger partial charge in [0.05, 0.1) is 16.6 Å². The van der Waals surface area contributed by atoms with Crippen LogP contribution in [0.15, 0.2) is 79.1 Å². The monoisotopic (exact) mass is 611 g/mol. The van der Waals surface area contributed by atoms with Crippen LogP contribution in [0.4, 0.5) is 5.95 Å². The lowest BCUT2D eigenvalue weighted by Crippen LogP contribution is -2.36. The van der Waals surface area contributed by atoms with Gasteiger partial charge >= 0.3 is 5.97 Å². The summed E-state index contributed by atoms with van der Waals surface area (Å²) in [6.07, 6.45) is 7.16. The van der Waals surface area contributed by atoms with E-state index in [0.29, 0.717) is 17.8 Å². The smallest absolute Gasteiger partial charge is 0.338 e. The highest BCUT2D eigenvalue weighted by molar-refractivity contribution is 6.30. The molecule has 0 spiro atoms. The SMILES string of the molecule is O=C(O)c1cnc(N2CCC(Cn3c(C4CC4)nc4ccc(C(c5ccc(Cl)cc5)c5ccc(Cl)cc5)cc43)CC2)nc1. The Morgan fingerprint density at radius 1 is 0.837 bits per heavy atom. The number of nitrogens with zero attached hydrogens (tertiary/aromatic N) is 5. The fraction of sp³-hybridized carbons (Fsp3) is 0.294. The average Bonchev–Trinajstić information content (AvgIpc) is 3.82.